The first-order chi connectivity index (χ1) is 9.56. The van der Waals surface area contributed by atoms with Crippen molar-refractivity contribution in [1.82, 2.24) is 9.55 Å². The zero-order chi connectivity index (χ0) is 14.3. The van der Waals surface area contributed by atoms with Crippen LogP contribution in [0, 0.1) is 5.82 Å². The van der Waals surface area contributed by atoms with Gasteiger partial charge in [-0.25, -0.2) is 13.8 Å². The van der Waals surface area contributed by atoms with Crippen molar-refractivity contribution in [2.45, 2.75) is 0 Å². The number of phenolic OH excluding ortho intramolecular Hbond substituents is 1. The number of rotatable bonds is 1. The predicted octanol–water partition coefficient (Wildman–Crippen LogP) is 1.52. The SMILES string of the molecule is O=c1[nH]c2cc(F)ccc2c(=O)n1-c1cccc(O)c1. The number of aromatic amines is 1. The smallest absolute Gasteiger partial charge is 0.333 e. The molecule has 1 heterocycles. The molecule has 6 heteroatoms. The van der Waals surface area contributed by atoms with E-state index in [9.17, 15) is 19.1 Å². The van der Waals surface area contributed by atoms with E-state index in [0.29, 0.717) is 0 Å². The number of H-pyrrole nitrogens is 1. The summed E-state index contributed by atoms with van der Waals surface area (Å²) in [6.45, 7) is 0. The van der Waals surface area contributed by atoms with Crippen molar-refractivity contribution in [3.05, 3.63) is 69.1 Å². The molecule has 0 radical (unpaired) electrons. The number of hydrogen-bond donors (Lipinski definition) is 2. The average Bonchev–Trinajstić information content (AvgIpc) is 2.38. The van der Waals surface area contributed by atoms with Gasteiger partial charge < -0.3 is 10.1 Å². The maximum Gasteiger partial charge on any atom is 0.333 e. The maximum absolute atomic E-state index is 13.1. The van der Waals surface area contributed by atoms with Gasteiger partial charge in [0.05, 0.1) is 16.6 Å². The minimum absolute atomic E-state index is 0.0620. The molecule has 2 aromatic carbocycles. The molecule has 20 heavy (non-hydrogen) atoms. The molecule has 0 unspecified atom stereocenters. The Bertz CT molecular complexity index is 928. The van der Waals surface area contributed by atoms with Crippen LogP contribution in [0.2, 0.25) is 0 Å². The number of fused-ring (bicyclic) bond motifs is 1. The van der Waals surface area contributed by atoms with E-state index in [1.165, 1.54) is 30.3 Å². The lowest BCUT2D eigenvalue weighted by molar-refractivity contribution is 0.475. The molecule has 0 spiro atoms. The van der Waals surface area contributed by atoms with E-state index < -0.39 is 17.1 Å². The van der Waals surface area contributed by atoms with E-state index in [1.807, 2.05) is 0 Å². The molecule has 0 saturated carbocycles. The lowest BCUT2D eigenvalue weighted by Gasteiger charge is -2.06. The monoisotopic (exact) mass is 272 g/mol. The number of nitrogens with zero attached hydrogens (tertiary/aromatic N) is 1. The molecule has 0 fully saturated rings. The fraction of sp³-hybridized carbons (Fsp3) is 0. The zero-order valence-electron chi connectivity index (χ0n) is 10.1. The summed E-state index contributed by atoms with van der Waals surface area (Å²) < 4.78 is 14.0. The van der Waals surface area contributed by atoms with E-state index in [-0.39, 0.29) is 22.3 Å². The third-order valence-corrected chi connectivity index (χ3v) is 2.95. The molecule has 0 aliphatic rings. The summed E-state index contributed by atoms with van der Waals surface area (Å²) in [5.74, 6) is -0.601. The first kappa shape index (κ1) is 12.2. The highest BCUT2D eigenvalue weighted by molar-refractivity contribution is 5.77. The normalized spacial score (nSPS) is 10.8. The summed E-state index contributed by atoms with van der Waals surface area (Å²) in [6, 6.07) is 9.31. The summed E-state index contributed by atoms with van der Waals surface area (Å²) in [4.78, 5) is 26.7. The molecule has 0 amide bonds. The van der Waals surface area contributed by atoms with Gasteiger partial charge in [-0.05, 0) is 30.3 Å². The lowest BCUT2D eigenvalue weighted by Crippen LogP contribution is -2.33. The van der Waals surface area contributed by atoms with Crippen LogP contribution in [0.1, 0.15) is 0 Å². The second-order valence-corrected chi connectivity index (χ2v) is 4.28. The molecule has 5 nitrogen and oxygen atoms in total. The van der Waals surface area contributed by atoms with Crippen LogP contribution in [-0.4, -0.2) is 14.7 Å². The summed E-state index contributed by atoms with van der Waals surface area (Å²) in [6.07, 6.45) is 0. The molecule has 0 aliphatic heterocycles. The Balaban J connectivity index is 2.41. The first-order valence-electron chi connectivity index (χ1n) is 5.80. The number of halogens is 1. The Morgan fingerprint density at radius 3 is 2.65 bits per heavy atom. The summed E-state index contributed by atoms with van der Waals surface area (Å²) in [5, 5.41) is 9.62. The van der Waals surface area contributed by atoms with Crippen molar-refractivity contribution in [2.24, 2.45) is 0 Å². The van der Waals surface area contributed by atoms with Crippen LogP contribution in [0.15, 0.2) is 52.1 Å². The standard InChI is InChI=1S/C14H9FN2O3/c15-8-4-5-11-12(6-8)16-14(20)17(13(11)19)9-2-1-3-10(18)7-9/h1-7,18H,(H,16,20). The van der Waals surface area contributed by atoms with Crippen molar-refractivity contribution >= 4 is 10.9 Å². The topological polar surface area (TPSA) is 75.1 Å². The van der Waals surface area contributed by atoms with Crippen LogP contribution < -0.4 is 11.2 Å². The van der Waals surface area contributed by atoms with Gasteiger partial charge in [-0.2, -0.15) is 0 Å². The predicted molar refractivity (Wildman–Crippen MR) is 71.8 cm³/mol. The van der Waals surface area contributed by atoms with E-state index in [4.69, 9.17) is 0 Å². The summed E-state index contributed by atoms with van der Waals surface area (Å²) in [5.41, 5.74) is -0.896. The van der Waals surface area contributed by atoms with Gasteiger partial charge in [0.15, 0.2) is 0 Å². The van der Waals surface area contributed by atoms with Crippen LogP contribution in [0.4, 0.5) is 4.39 Å². The fourth-order valence-electron chi connectivity index (χ4n) is 2.06. The minimum atomic E-state index is -0.696. The van der Waals surface area contributed by atoms with Crippen molar-refractivity contribution in [1.29, 1.82) is 0 Å². The highest BCUT2D eigenvalue weighted by Crippen LogP contribution is 2.13. The largest absolute Gasteiger partial charge is 0.508 e. The molecule has 1 aromatic heterocycles. The third-order valence-electron chi connectivity index (χ3n) is 2.95. The number of phenols is 1. The number of aromatic nitrogens is 2. The van der Waals surface area contributed by atoms with Crippen LogP contribution in [-0.2, 0) is 0 Å². The number of benzene rings is 2. The Labute approximate surface area is 111 Å². The molecular formula is C14H9FN2O3. The Hall–Kier alpha value is -2.89. The quantitative estimate of drug-likeness (QED) is 0.705. The molecule has 0 atom stereocenters. The van der Waals surface area contributed by atoms with Crippen molar-refractivity contribution in [2.75, 3.05) is 0 Å². The minimum Gasteiger partial charge on any atom is -0.508 e. The van der Waals surface area contributed by atoms with Crippen LogP contribution in [0.5, 0.6) is 5.75 Å². The number of hydrogen-bond acceptors (Lipinski definition) is 3. The Kier molecular flexibility index (Phi) is 2.64. The second-order valence-electron chi connectivity index (χ2n) is 4.28. The first-order valence-corrected chi connectivity index (χ1v) is 5.80. The van der Waals surface area contributed by atoms with Crippen LogP contribution >= 0.6 is 0 Å². The van der Waals surface area contributed by atoms with E-state index >= 15 is 0 Å². The van der Waals surface area contributed by atoms with Gasteiger partial charge >= 0.3 is 5.69 Å². The Morgan fingerprint density at radius 1 is 1.10 bits per heavy atom. The molecule has 100 valence electrons. The van der Waals surface area contributed by atoms with Gasteiger partial charge in [0.2, 0.25) is 0 Å². The highest BCUT2D eigenvalue weighted by atomic mass is 19.1. The third kappa shape index (κ3) is 1.87. The van der Waals surface area contributed by atoms with Gasteiger partial charge in [0.1, 0.15) is 11.6 Å². The van der Waals surface area contributed by atoms with Crippen molar-refractivity contribution in [3.63, 3.8) is 0 Å². The highest BCUT2D eigenvalue weighted by Gasteiger charge is 2.10. The number of aromatic hydroxyl groups is 1. The van der Waals surface area contributed by atoms with Crippen molar-refractivity contribution < 1.29 is 9.50 Å². The molecule has 0 bridgehead atoms. The number of nitrogens with one attached hydrogen (secondary N) is 1. The van der Waals surface area contributed by atoms with Crippen LogP contribution in [0.25, 0.3) is 16.6 Å². The van der Waals surface area contributed by atoms with E-state index in [0.717, 1.165) is 16.7 Å². The molecule has 3 aromatic rings. The molecule has 3 rings (SSSR count). The molecule has 0 aliphatic carbocycles. The van der Waals surface area contributed by atoms with Gasteiger partial charge in [0.25, 0.3) is 5.56 Å². The molecule has 2 N–H and O–H groups in total. The summed E-state index contributed by atoms with van der Waals surface area (Å²) in [7, 11) is 0. The average molecular weight is 272 g/mol. The Morgan fingerprint density at radius 2 is 1.90 bits per heavy atom. The summed E-state index contributed by atoms with van der Waals surface area (Å²) >= 11 is 0. The molecule has 0 saturated heterocycles. The van der Waals surface area contributed by atoms with E-state index in [1.54, 1.807) is 0 Å². The fourth-order valence-corrected chi connectivity index (χ4v) is 2.06. The lowest BCUT2D eigenvalue weighted by atomic mass is 10.2. The van der Waals surface area contributed by atoms with Crippen molar-refractivity contribution in [3.8, 4) is 11.4 Å². The van der Waals surface area contributed by atoms with Crippen LogP contribution in [0.3, 0.4) is 0 Å². The van der Waals surface area contributed by atoms with Gasteiger partial charge in [-0.15, -0.1) is 0 Å². The van der Waals surface area contributed by atoms with Gasteiger partial charge in [0, 0.05) is 6.07 Å². The van der Waals surface area contributed by atoms with Gasteiger partial charge in [-0.1, -0.05) is 6.07 Å². The second kappa shape index (κ2) is 4.34. The van der Waals surface area contributed by atoms with E-state index in [2.05, 4.69) is 4.98 Å². The molecular weight excluding hydrogens is 263 g/mol. The van der Waals surface area contributed by atoms with Gasteiger partial charge in [-0.3, -0.25) is 4.79 Å². The zero-order valence-corrected chi connectivity index (χ0v) is 10.1. The maximum atomic E-state index is 13.1.